The molecule has 0 bridgehead atoms. The third-order valence-corrected chi connectivity index (χ3v) is 3.29. The lowest BCUT2D eigenvalue weighted by Crippen LogP contribution is -2.13. The van der Waals surface area contributed by atoms with E-state index in [1.807, 2.05) is 13.1 Å². The molecule has 2 rings (SSSR count). The van der Waals surface area contributed by atoms with Crippen LogP contribution in [-0.4, -0.2) is 18.1 Å². The van der Waals surface area contributed by atoms with Crippen molar-refractivity contribution in [3.8, 4) is 0 Å². The first-order valence-corrected chi connectivity index (χ1v) is 5.73. The van der Waals surface area contributed by atoms with Crippen LogP contribution in [0.2, 0.25) is 0 Å². The van der Waals surface area contributed by atoms with Gasteiger partial charge in [-0.3, -0.25) is 4.79 Å². The van der Waals surface area contributed by atoms with Gasteiger partial charge < -0.3 is 10.4 Å². The molecular formula is C13H17NO2. The molecule has 86 valence electrons. The van der Waals surface area contributed by atoms with Crippen molar-refractivity contribution < 1.29 is 9.90 Å². The minimum Gasteiger partial charge on any atom is -0.481 e. The molecule has 1 unspecified atom stereocenters. The predicted molar refractivity (Wildman–Crippen MR) is 63.9 cm³/mol. The normalized spacial score (nSPS) is 18.9. The lowest BCUT2D eigenvalue weighted by Gasteiger charge is -2.24. The van der Waals surface area contributed by atoms with Crippen molar-refractivity contribution in [2.75, 3.05) is 12.4 Å². The number of anilines is 1. The van der Waals surface area contributed by atoms with E-state index in [2.05, 4.69) is 17.4 Å². The molecule has 1 atom stereocenters. The molecule has 0 heterocycles. The van der Waals surface area contributed by atoms with Crippen molar-refractivity contribution in [2.24, 2.45) is 0 Å². The summed E-state index contributed by atoms with van der Waals surface area (Å²) in [7, 11) is 1.90. The van der Waals surface area contributed by atoms with E-state index in [0.29, 0.717) is 0 Å². The maximum Gasteiger partial charge on any atom is 0.303 e. The van der Waals surface area contributed by atoms with E-state index in [9.17, 15) is 4.79 Å². The SMILES string of the molecule is CNc1ccc2c(c1)CCCC2CC(=O)O. The molecule has 0 fully saturated rings. The Balaban J connectivity index is 2.28. The van der Waals surface area contributed by atoms with Gasteiger partial charge in [0.25, 0.3) is 0 Å². The second kappa shape index (κ2) is 4.56. The zero-order chi connectivity index (χ0) is 11.5. The molecule has 1 aliphatic carbocycles. The highest BCUT2D eigenvalue weighted by Gasteiger charge is 2.22. The highest BCUT2D eigenvalue weighted by Crippen LogP contribution is 2.35. The number of aryl methyl sites for hydroxylation is 1. The minimum atomic E-state index is -0.699. The topological polar surface area (TPSA) is 49.3 Å². The summed E-state index contributed by atoms with van der Waals surface area (Å²) in [6.45, 7) is 0. The summed E-state index contributed by atoms with van der Waals surface area (Å²) in [6.07, 6.45) is 3.42. The zero-order valence-corrected chi connectivity index (χ0v) is 9.49. The van der Waals surface area contributed by atoms with Crippen molar-refractivity contribution in [1.29, 1.82) is 0 Å². The Morgan fingerprint density at radius 1 is 1.56 bits per heavy atom. The van der Waals surface area contributed by atoms with Crippen LogP contribution in [0.4, 0.5) is 5.69 Å². The van der Waals surface area contributed by atoms with Gasteiger partial charge >= 0.3 is 5.97 Å². The quantitative estimate of drug-likeness (QED) is 0.821. The van der Waals surface area contributed by atoms with E-state index in [0.717, 1.165) is 24.9 Å². The number of nitrogens with one attached hydrogen (secondary N) is 1. The molecule has 0 saturated heterocycles. The van der Waals surface area contributed by atoms with Crippen LogP contribution in [0.3, 0.4) is 0 Å². The van der Waals surface area contributed by atoms with Gasteiger partial charge in [-0.2, -0.15) is 0 Å². The molecule has 1 aromatic rings. The van der Waals surface area contributed by atoms with Gasteiger partial charge in [-0.1, -0.05) is 6.07 Å². The molecular weight excluding hydrogens is 202 g/mol. The highest BCUT2D eigenvalue weighted by molar-refractivity contribution is 5.68. The fraction of sp³-hybridized carbons (Fsp3) is 0.462. The van der Waals surface area contributed by atoms with Crippen LogP contribution < -0.4 is 5.32 Å². The van der Waals surface area contributed by atoms with Crippen molar-refractivity contribution >= 4 is 11.7 Å². The average molecular weight is 219 g/mol. The van der Waals surface area contributed by atoms with Crippen molar-refractivity contribution in [2.45, 2.75) is 31.6 Å². The van der Waals surface area contributed by atoms with Gasteiger partial charge in [-0.05, 0) is 48.4 Å². The number of rotatable bonds is 3. The number of carboxylic acid groups (broad SMARTS) is 1. The van der Waals surface area contributed by atoms with Gasteiger partial charge in [0.15, 0.2) is 0 Å². The lowest BCUT2D eigenvalue weighted by atomic mass is 9.81. The van der Waals surface area contributed by atoms with Gasteiger partial charge in [0.05, 0.1) is 6.42 Å². The van der Waals surface area contributed by atoms with E-state index in [1.165, 1.54) is 11.1 Å². The molecule has 0 radical (unpaired) electrons. The van der Waals surface area contributed by atoms with Crippen LogP contribution >= 0.6 is 0 Å². The number of fused-ring (bicyclic) bond motifs is 1. The van der Waals surface area contributed by atoms with Gasteiger partial charge in [0, 0.05) is 12.7 Å². The summed E-state index contributed by atoms with van der Waals surface area (Å²) < 4.78 is 0. The Morgan fingerprint density at radius 3 is 3.06 bits per heavy atom. The number of hydrogen-bond acceptors (Lipinski definition) is 2. The standard InChI is InChI=1S/C13H17NO2/c1-14-11-5-6-12-9(7-11)3-2-4-10(12)8-13(15)16/h5-7,10,14H,2-4,8H2,1H3,(H,15,16). The fourth-order valence-corrected chi connectivity index (χ4v) is 2.49. The van der Waals surface area contributed by atoms with Crippen LogP contribution in [0, 0.1) is 0 Å². The van der Waals surface area contributed by atoms with Crippen LogP contribution in [0.1, 0.15) is 36.3 Å². The van der Waals surface area contributed by atoms with E-state index in [4.69, 9.17) is 5.11 Å². The molecule has 0 saturated carbocycles. The Morgan fingerprint density at radius 2 is 2.38 bits per heavy atom. The minimum absolute atomic E-state index is 0.201. The first-order valence-electron chi connectivity index (χ1n) is 5.73. The Bertz CT molecular complexity index is 401. The van der Waals surface area contributed by atoms with Crippen LogP contribution in [0.5, 0.6) is 0 Å². The van der Waals surface area contributed by atoms with Crippen molar-refractivity contribution in [1.82, 2.24) is 0 Å². The number of carboxylic acids is 1. The second-order valence-corrected chi connectivity index (χ2v) is 4.35. The molecule has 2 N–H and O–H groups in total. The molecule has 1 aliphatic rings. The third kappa shape index (κ3) is 2.18. The molecule has 0 aromatic heterocycles. The maximum atomic E-state index is 10.8. The van der Waals surface area contributed by atoms with Crippen molar-refractivity contribution in [3.63, 3.8) is 0 Å². The summed E-state index contributed by atoms with van der Waals surface area (Å²) in [5.74, 6) is -0.498. The Kier molecular flexibility index (Phi) is 3.13. The lowest BCUT2D eigenvalue weighted by molar-refractivity contribution is -0.137. The molecule has 16 heavy (non-hydrogen) atoms. The summed E-state index contributed by atoms with van der Waals surface area (Å²) in [4.78, 5) is 10.8. The third-order valence-electron chi connectivity index (χ3n) is 3.29. The van der Waals surface area contributed by atoms with E-state index in [1.54, 1.807) is 0 Å². The van der Waals surface area contributed by atoms with E-state index in [-0.39, 0.29) is 12.3 Å². The summed E-state index contributed by atoms with van der Waals surface area (Å²) in [6, 6.07) is 6.25. The number of hydrogen-bond donors (Lipinski definition) is 2. The molecule has 0 aliphatic heterocycles. The van der Waals surface area contributed by atoms with Crippen LogP contribution in [0.25, 0.3) is 0 Å². The second-order valence-electron chi connectivity index (χ2n) is 4.35. The Labute approximate surface area is 95.5 Å². The molecule has 3 nitrogen and oxygen atoms in total. The number of carbonyl (C=O) groups is 1. The van der Waals surface area contributed by atoms with Crippen LogP contribution in [-0.2, 0) is 11.2 Å². The summed E-state index contributed by atoms with van der Waals surface area (Å²) in [5.41, 5.74) is 3.65. The first kappa shape index (κ1) is 11.0. The Hall–Kier alpha value is -1.51. The molecule has 3 heteroatoms. The van der Waals surface area contributed by atoms with Gasteiger partial charge in [-0.15, -0.1) is 0 Å². The highest BCUT2D eigenvalue weighted by atomic mass is 16.4. The molecule has 0 amide bonds. The van der Waals surface area contributed by atoms with Crippen molar-refractivity contribution in [3.05, 3.63) is 29.3 Å². The smallest absolute Gasteiger partial charge is 0.303 e. The van der Waals surface area contributed by atoms with Gasteiger partial charge in [0.2, 0.25) is 0 Å². The van der Waals surface area contributed by atoms with E-state index < -0.39 is 5.97 Å². The molecule has 0 spiro atoms. The first-order chi connectivity index (χ1) is 7.70. The average Bonchev–Trinajstić information content (AvgIpc) is 2.28. The van der Waals surface area contributed by atoms with Gasteiger partial charge in [0.1, 0.15) is 0 Å². The van der Waals surface area contributed by atoms with Crippen LogP contribution in [0.15, 0.2) is 18.2 Å². The summed E-state index contributed by atoms with van der Waals surface area (Å²) in [5, 5.41) is 12.0. The zero-order valence-electron chi connectivity index (χ0n) is 9.49. The van der Waals surface area contributed by atoms with Gasteiger partial charge in [-0.25, -0.2) is 0 Å². The number of aliphatic carboxylic acids is 1. The summed E-state index contributed by atoms with van der Waals surface area (Å²) >= 11 is 0. The largest absolute Gasteiger partial charge is 0.481 e. The number of benzene rings is 1. The molecule has 1 aromatic carbocycles. The monoisotopic (exact) mass is 219 g/mol. The predicted octanol–water partition coefficient (Wildman–Crippen LogP) is 2.62. The fourth-order valence-electron chi connectivity index (χ4n) is 2.49. The maximum absolute atomic E-state index is 10.8. The van der Waals surface area contributed by atoms with E-state index >= 15 is 0 Å².